The van der Waals surface area contributed by atoms with Crippen LogP contribution in [0, 0.1) is 5.82 Å². The molecule has 6 nitrogen and oxygen atoms in total. The van der Waals surface area contributed by atoms with Gasteiger partial charge < -0.3 is 4.90 Å². The lowest BCUT2D eigenvalue weighted by molar-refractivity contribution is 0.0640. The van der Waals surface area contributed by atoms with E-state index in [0.29, 0.717) is 49.1 Å². The number of sulfone groups is 1. The van der Waals surface area contributed by atoms with Crippen LogP contribution in [0.3, 0.4) is 0 Å². The van der Waals surface area contributed by atoms with Crippen LogP contribution in [0.2, 0.25) is 0 Å². The number of pyridine rings is 1. The molecule has 0 aliphatic carbocycles. The molecule has 1 aromatic heterocycles. The number of carbonyl (C=O) groups excluding carboxylic acids is 1. The zero-order chi connectivity index (χ0) is 20.9. The van der Waals surface area contributed by atoms with Crippen molar-refractivity contribution in [3.05, 3.63) is 59.5 Å². The number of amides is 1. The van der Waals surface area contributed by atoms with Crippen molar-refractivity contribution in [1.29, 1.82) is 0 Å². The Bertz CT molecular complexity index is 944. The lowest BCUT2D eigenvalue weighted by atomic mass is 10.2. The molecule has 2 aromatic rings. The first-order valence-electron chi connectivity index (χ1n) is 9.33. The highest BCUT2D eigenvalue weighted by Crippen LogP contribution is 2.25. The minimum atomic E-state index is -2.99. The van der Waals surface area contributed by atoms with Crippen molar-refractivity contribution in [3.8, 4) is 0 Å². The minimum Gasteiger partial charge on any atom is -0.336 e. The minimum absolute atomic E-state index is 0.0672. The molecule has 1 aliphatic rings. The fraction of sp³-hybridized carbons (Fsp3) is 0.400. The van der Waals surface area contributed by atoms with Crippen LogP contribution in [0.25, 0.3) is 0 Å². The summed E-state index contributed by atoms with van der Waals surface area (Å²) in [5, 5.41) is 0.654. The molecule has 1 saturated heterocycles. The van der Waals surface area contributed by atoms with E-state index in [1.165, 1.54) is 30.2 Å². The molecule has 1 fully saturated rings. The van der Waals surface area contributed by atoms with Crippen LogP contribution >= 0.6 is 11.8 Å². The van der Waals surface area contributed by atoms with Gasteiger partial charge in [-0.05, 0) is 29.8 Å². The molecule has 29 heavy (non-hydrogen) atoms. The Morgan fingerprint density at radius 2 is 1.83 bits per heavy atom. The summed E-state index contributed by atoms with van der Waals surface area (Å²) in [7, 11) is -2.99. The van der Waals surface area contributed by atoms with E-state index in [1.54, 1.807) is 35.4 Å². The molecule has 0 unspecified atom stereocenters. The third-order valence-corrected chi connectivity index (χ3v) is 6.73. The summed E-state index contributed by atoms with van der Waals surface area (Å²) in [6.07, 6.45) is 2.90. The number of piperazine rings is 1. The fourth-order valence-corrected chi connectivity index (χ4v) is 4.57. The van der Waals surface area contributed by atoms with E-state index in [-0.39, 0.29) is 17.5 Å². The molecule has 9 heteroatoms. The first-order chi connectivity index (χ1) is 13.8. The molecular formula is C20H24FN3O3S2. The normalized spacial score (nSPS) is 15.4. The van der Waals surface area contributed by atoms with E-state index < -0.39 is 9.84 Å². The second-order valence-electron chi connectivity index (χ2n) is 7.03. The Kier molecular flexibility index (Phi) is 7.26. The molecule has 0 N–H and O–H groups in total. The highest BCUT2D eigenvalue weighted by Gasteiger charge is 2.24. The molecule has 1 amide bonds. The van der Waals surface area contributed by atoms with E-state index in [4.69, 9.17) is 0 Å². The van der Waals surface area contributed by atoms with Crippen LogP contribution < -0.4 is 0 Å². The van der Waals surface area contributed by atoms with Gasteiger partial charge in [-0.15, -0.1) is 11.8 Å². The van der Waals surface area contributed by atoms with Gasteiger partial charge in [-0.1, -0.05) is 12.1 Å². The van der Waals surface area contributed by atoms with Gasteiger partial charge in [0.2, 0.25) is 0 Å². The number of rotatable bonds is 7. The third kappa shape index (κ3) is 6.52. The smallest absolute Gasteiger partial charge is 0.256 e. The van der Waals surface area contributed by atoms with Crippen molar-refractivity contribution < 1.29 is 17.6 Å². The molecule has 0 atom stereocenters. The quantitative estimate of drug-likeness (QED) is 0.619. The summed E-state index contributed by atoms with van der Waals surface area (Å²) in [4.78, 5) is 21.2. The van der Waals surface area contributed by atoms with Gasteiger partial charge in [0.15, 0.2) is 0 Å². The summed E-state index contributed by atoms with van der Waals surface area (Å²) in [6, 6.07) is 9.81. The van der Waals surface area contributed by atoms with Crippen molar-refractivity contribution in [2.24, 2.45) is 0 Å². The molecule has 156 valence electrons. The van der Waals surface area contributed by atoms with Gasteiger partial charge in [0, 0.05) is 50.9 Å². The molecule has 3 rings (SSSR count). The maximum Gasteiger partial charge on any atom is 0.256 e. The molecule has 2 heterocycles. The number of thioether (sulfide) groups is 1. The Morgan fingerprint density at radius 3 is 2.48 bits per heavy atom. The van der Waals surface area contributed by atoms with E-state index in [2.05, 4.69) is 9.88 Å². The van der Waals surface area contributed by atoms with Crippen LogP contribution in [0.1, 0.15) is 15.9 Å². The molecule has 0 radical (unpaired) electrons. The zero-order valence-electron chi connectivity index (χ0n) is 16.3. The number of benzene rings is 1. The predicted octanol–water partition coefficient (Wildman–Crippen LogP) is 2.32. The number of hydrogen-bond acceptors (Lipinski definition) is 6. The maximum absolute atomic E-state index is 13.1. The van der Waals surface area contributed by atoms with Gasteiger partial charge in [0.1, 0.15) is 20.7 Å². The Morgan fingerprint density at radius 1 is 1.14 bits per heavy atom. The lowest BCUT2D eigenvalue weighted by Crippen LogP contribution is -2.49. The standard InChI is InChI=1S/C20H24FN3O3S2/c1-29(26,27)14-13-23-9-11-24(12-10-23)20(25)18-3-2-8-22-19(18)28-15-16-4-6-17(21)7-5-16/h2-8H,9-15H2,1H3. The van der Waals surface area contributed by atoms with Gasteiger partial charge in [-0.3, -0.25) is 9.69 Å². The summed E-state index contributed by atoms with van der Waals surface area (Å²) >= 11 is 1.45. The van der Waals surface area contributed by atoms with Crippen LogP contribution in [0.15, 0.2) is 47.6 Å². The van der Waals surface area contributed by atoms with Gasteiger partial charge in [0.25, 0.3) is 5.91 Å². The van der Waals surface area contributed by atoms with Crippen molar-refractivity contribution in [3.63, 3.8) is 0 Å². The highest BCUT2D eigenvalue weighted by atomic mass is 32.2. The van der Waals surface area contributed by atoms with E-state index in [9.17, 15) is 17.6 Å². The predicted molar refractivity (Wildman–Crippen MR) is 112 cm³/mol. The number of nitrogens with zero attached hydrogens (tertiary/aromatic N) is 3. The number of aromatic nitrogens is 1. The monoisotopic (exact) mass is 437 g/mol. The lowest BCUT2D eigenvalue weighted by Gasteiger charge is -2.34. The third-order valence-electron chi connectivity index (χ3n) is 4.73. The molecule has 0 spiro atoms. The van der Waals surface area contributed by atoms with Crippen molar-refractivity contribution in [2.75, 3.05) is 44.7 Å². The Balaban J connectivity index is 1.59. The van der Waals surface area contributed by atoms with Crippen molar-refractivity contribution in [1.82, 2.24) is 14.8 Å². The van der Waals surface area contributed by atoms with Gasteiger partial charge in [-0.25, -0.2) is 17.8 Å². The molecule has 1 aromatic carbocycles. The summed E-state index contributed by atoms with van der Waals surface area (Å²) < 4.78 is 35.7. The summed E-state index contributed by atoms with van der Waals surface area (Å²) in [6.45, 7) is 2.91. The highest BCUT2D eigenvalue weighted by molar-refractivity contribution is 7.98. The number of hydrogen-bond donors (Lipinski definition) is 0. The largest absolute Gasteiger partial charge is 0.336 e. The first kappa shape index (κ1) is 21.7. The maximum atomic E-state index is 13.1. The second-order valence-corrected chi connectivity index (χ2v) is 10.3. The van der Waals surface area contributed by atoms with Gasteiger partial charge in [-0.2, -0.15) is 0 Å². The zero-order valence-corrected chi connectivity index (χ0v) is 17.9. The molecule has 0 saturated carbocycles. The van der Waals surface area contributed by atoms with E-state index in [1.807, 2.05) is 0 Å². The summed E-state index contributed by atoms with van der Waals surface area (Å²) in [5.41, 5.74) is 1.52. The van der Waals surface area contributed by atoms with Gasteiger partial charge >= 0.3 is 0 Å². The van der Waals surface area contributed by atoms with E-state index >= 15 is 0 Å². The average Bonchev–Trinajstić information content (AvgIpc) is 2.71. The molecule has 0 bridgehead atoms. The van der Waals surface area contributed by atoms with Crippen LogP contribution in [-0.2, 0) is 15.6 Å². The topological polar surface area (TPSA) is 70.6 Å². The molecule has 1 aliphatic heterocycles. The average molecular weight is 438 g/mol. The Hall–Kier alpha value is -1.97. The molecular weight excluding hydrogens is 413 g/mol. The number of carbonyl (C=O) groups is 1. The fourth-order valence-electron chi connectivity index (χ4n) is 3.04. The Labute approximate surface area is 175 Å². The van der Waals surface area contributed by atoms with E-state index in [0.717, 1.165) is 5.56 Å². The van der Waals surface area contributed by atoms with Gasteiger partial charge in [0.05, 0.1) is 11.3 Å². The van der Waals surface area contributed by atoms with Crippen LogP contribution in [-0.4, -0.2) is 73.8 Å². The second kappa shape index (κ2) is 9.69. The SMILES string of the molecule is CS(=O)(=O)CCN1CCN(C(=O)c2cccnc2SCc2ccc(F)cc2)CC1. The van der Waals surface area contributed by atoms with Crippen molar-refractivity contribution in [2.45, 2.75) is 10.8 Å². The summed E-state index contributed by atoms with van der Waals surface area (Å²) in [5.74, 6) is 0.385. The first-order valence-corrected chi connectivity index (χ1v) is 12.4. The van der Waals surface area contributed by atoms with Crippen molar-refractivity contribution >= 4 is 27.5 Å². The van der Waals surface area contributed by atoms with Crippen LogP contribution in [0.5, 0.6) is 0 Å². The van der Waals surface area contributed by atoms with Crippen LogP contribution in [0.4, 0.5) is 4.39 Å². The number of halogens is 1.